The van der Waals surface area contributed by atoms with E-state index in [1.165, 1.54) is 0 Å². The fourth-order valence-electron chi connectivity index (χ4n) is 2.89. The highest BCUT2D eigenvalue weighted by atomic mass is 16.5. The molecule has 7 heteroatoms. The number of aromatic nitrogens is 4. The normalized spacial score (nSPS) is 14.0. The molecule has 3 aromatic rings. The van der Waals surface area contributed by atoms with Gasteiger partial charge in [0.1, 0.15) is 11.2 Å². The second-order valence-electron chi connectivity index (χ2n) is 5.41. The van der Waals surface area contributed by atoms with Crippen molar-refractivity contribution in [2.75, 3.05) is 6.61 Å². The van der Waals surface area contributed by atoms with Crippen LogP contribution in [0.25, 0.3) is 22.2 Å². The summed E-state index contributed by atoms with van der Waals surface area (Å²) in [5.41, 5.74) is 11.1. The third kappa shape index (κ3) is 2.17. The predicted octanol–water partition coefficient (Wildman–Crippen LogP) is 1.21. The Balaban J connectivity index is 1.93. The first-order valence-electron chi connectivity index (χ1n) is 7.17. The minimum absolute atomic E-state index is 0.287. The monoisotopic (exact) mass is 308 g/mol. The number of rotatable bonds is 2. The van der Waals surface area contributed by atoms with E-state index in [0.29, 0.717) is 13.2 Å². The maximum absolute atomic E-state index is 11.6. The van der Waals surface area contributed by atoms with Gasteiger partial charge in [0.15, 0.2) is 0 Å². The third-order valence-electron chi connectivity index (χ3n) is 4.03. The van der Waals surface area contributed by atoms with Gasteiger partial charge in [-0.2, -0.15) is 0 Å². The molecule has 0 spiro atoms. The average molecular weight is 308 g/mol. The van der Waals surface area contributed by atoms with E-state index in [4.69, 9.17) is 10.5 Å². The Kier molecular flexibility index (Phi) is 3.09. The Morgan fingerprint density at radius 2 is 2.26 bits per heavy atom. The first-order chi connectivity index (χ1) is 11.1. The second-order valence-corrected chi connectivity index (χ2v) is 5.41. The van der Waals surface area contributed by atoms with Gasteiger partial charge in [-0.05, 0) is 28.8 Å². The van der Waals surface area contributed by atoms with E-state index in [-0.39, 0.29) is 5.69 Å². The van der Waals surface area contributed by atoms with Gasteiger partial charge in [-0.1, -0.05) is 11.3 Å². The van der Waals surface area contributed by atoms with Crippen molar-refractivity contribution in [1.82, 2.24) is 20.0 Å². The molecule has 0 saturated heterocycles. The number of benzene rings is 1. The van der Waals surface area contributed by atoms with Gasteiger partial charge >= 0.3 is 0 Å². The Hall–Kier alpha value is -2.80. The summed E-state index contributed by atoms with van der Waals surface area (Å²) in [4.78, 5) is 15.8. The van der Waals surface area contributed by atoms with Crippen molar-refractivity contribution in [2.45, 2.75) is 6.61 Å². The van der Waals surface area contributed by atoms with E-state index >= 15 is 0 Å². The second kappa shape index (κ2) is 5.13. The average Bonchev–Trinajstić information content (AvgIpc) is 2.94. The van der Waals surface area contributed by atoms with Crippen LogP contribution in [0.1, 0.15) is 21.6 Å². The highest BCUT2D eigenvalue weighted by Crippen LogP contribution is 2.32. The number of aryl methyl sites for hydroxylation is 1. The van der Waals surface area contributed by atoms with E-state index in [9.17, 15) is 4.79 Å². The van der Waals surface area contributed by atoms with Gasteiger partial charge in [0.2, 0.25) is 0 Å². The highest BCUT2D eigenvalue weighted by molar-refractivity contribution is 5.94. The molecular formula is C16H14N5O2. The molecule has 0 fully saturated rings. The summed E-state index contributed by atoms with van der Waals surface area (Å²) in [5, 5.41) is 8.10. The lowest BCUT2D eigenvalue weighted by Gasteiger charge is -2.21. The van der Waals surface area contributed by atoms with E-state index in [0.717, 1.165) is 33.3 Å². The van der Waals surface area contributed by atoms with E-state index in [1.54, 1.807) is 10.9 Å². The molecule has 0 atom stereocenters. The summed E-state index contributed by atoms with van der Waals surface area (Å²) >= 11 is 0. The standard InChI is InChI=1S/C16H14N5O2/c1-21-14-6-9(2-3-13(14)19-20-21)11-7-18-15(16(17)22)10-4-5-23-8-12(10)11/h2-4,6-7H,5,8H2,1H3,(H2,17,22). The molecule has 0 aliphatic carbocycles. The lowest BCUT2D eigenvalue weighted by Crippen LogP contribution is -2.21. The molecule has 1 aliphatic rings. The van der Waals surface area contributed by atoms with Crippen molar-refractivity contribution < 1.29 is 9.53 Å². The van der Waals surface area contributed by atoms with Gasteiger partial charge in [0.25, 0.3) is 5.91 Å². The zero-order valence-corrected chi connectivity index (χ0v) is 12.5. The van der Waals surface area contributed by atoms with E-state index in [2.05, 4.69) is 15.3 Å². The lowest BCUT2D eigenvalue weighted by molar-refractivity contribution is 0.0991. The van der Waals surface area contributed by atoms with Crippen molar-refractivity contribution in [1.29, 1.82) is 0 Å². The van der Waals surface area contributed by atoms with Crippen LogP contribution in [-0.4, -0.2) is 32.5 Å². The van der Waals surface area contributed by atoms with Gasteiger partial charge in [0.05, 0.1) is 18.7 Å². The van der Waals surface area contributed by atoms with Crippen LogP contribution in [0.5, 0.6) is 0 Å². The van der Waals surface area contributed by atoms with Crippen LogP contribution in [0.15, 0.2) is 24.4 Å². The summed E-state index contributed by atoms with van der Waals surface area (Å²) in [7, 11) is 1.85. The lowest BCUT2D eigenvalue weighted by atomic mass is 9.93. The number of hydrogen-bond acceptors (Lipinski definition) is 5. The number of nitrogens with two attached hydrogens (primary N) is 1. The van der Waals surface area contributed by atoms with Crippen LogP contribution >= 0.6 is 0 Å². The fourth-order valence-corrected chi connectivity index (χ4v) is 2.89. The van der Waals surface area contributed by atoms with Crippen molar-refractivity contribution >= 4 is 16.9 Å². The maximum atomic E-state index is 11.6. The summed E-state index contributed by atoms with van der Waals surface area (Å²) in [6, 6.07) is 5.89. The molecule has 0 unspecified atom stereocenters. The number of carbonyl (C=O) groups is 1. The highest BCUT2D eigenvalue weighted by Gasteiger charge is 2.22. The largest absolute Gasteiger partial charge is 0.376 e. The fraction of sp³-hybridized carbons (Fsp3) is 0.188. The molecule has 1 aliphatic heterocycles. The first kappa shape index (κ1) is 13.8. The zero-order valence-electron chi connectivity index (χ0n) is 12.5. The minimum Gasteiger partial charge on any atom is -0.376 e. The maximum Gasteiger partial charge on any atom is 0.267 e. The van der Waals surface area contributed by atoms with Crippen LogP contribution in [0.4, 0.5) is 0 Å². The van der Waals surface area contributed by atoms with Crippen molar-refractivity contribution in [3.63, 3.8) is 0 Å². The predicted molar refractivity (Wildman–Crippen MR) is 83.3 cm³/mol. The van der Waals surface area contributed by atoms with Gasteiger partial charge in [-0.15, -0.1) is 5.10 Å². The molecule has 1 radical (unpaired) electrons. The van der Waals surface area contributed by atoms with Crippen LogP contribution in [-0.2, 0) is 18.4 Å². The van der Waals surface area contributed by atoms with Crippen LogP contribution < -0.4 is 5.73 Å². The number of nitrogens with zero attached hydrogens (tertiary/aromatic N) is 4. The Bertz CT molecular complexity index is 932. The molecule has 0 saturated carbocycles. The molecule has 1 amide bonds. The number of primary amides is 1. The topological polar surface area (TPSA) is 95.9 Å². The summed E-state index contributed by atoms with van der Waals surface area (Å²) < 4.78 is 7.25. The van der Waals surface area contributed by atoms with Gasteiger partial charge in [0, 0.05) is 25.2 Å². The summed E-state index contributed by atoms with van der Waals surface area (Å²) in [5.74, 6) is -0.530. The molecule has 2 aromatic heterocycles. The smallest absolute Gasteiger partial charge is 0.267 e. The van der Waals surface area contributed by atoms with Crippen LogP contribution in [0.3, 0.4) is 0 Å². The van der Waals surface area contributed by atoms with E-state index in [1.807, 2.05) is 31.7 Å². The first-order valence-corrected chi connectivity index (χ1v) is 7.17. The van der Waals surface area contributed by atoms with Crippen LogP contribution in [0, 0.1) is 6.42 Å². The zero-order chi connectivity index (χ0) is 16.0. The van der Waals surface area contributed by atoms with Crippen molar-refractivity contribution in [3.05, 3.63) is 47.6 Å². The Morgan fingerprint density at radius 1 is 1.39 bits per heavy atom. The van der Waals surface area contributed by atoms with E-state index < -0.39 is 5.91 Å². The number of hydrogen-bond donors (Lipinski definition) is 1. The Labute approximate surface area is 132 Å². The molecule has 7 nitrogen and oxygen atoms in total. The van der Waals surface area contributed by atoms with Gasteiger partial charge < -0.3 is 10.5 Å². The molecule has 115 valence electrons. The molecule has 0 bridgehead atoms. The minimum atomic E-state index is -0.530. The quantitative estimate of drug-likeness (QED) is 0.767. The van der Waals surface area contributed by atoms with Crippen molar-refractivity contribution in [3.8, 4) is 11.1 Å². The third-order valence-corrected chi connectivity index (χ3v) is 4.03. The molecular weight excluding hydrogens is 294 g/mol. The molecule has 4 rings (SSSR count). The SMILES string of the molecule is Cn1nnc2ccc(-c3cnc(C(N)=O)c4c3COC[CH]4)cc21. The molecule has 1 aromatic carbocycles. The number of fused-ring (bicyclic) bond motifs is 2. The number of amides is 1. The van der Waals surface area contributed by atoms with Gasteiger partial charge in [-0.25, -0.2) is 4.68 Å². The summed E-state index contributed by atoms with van der Waals surface area (Å²) in [6.45, 7) is 0.870. The molecule has 2 N–H and O–H groups in total. The number of ether oxygens (including phenoxy) is 1. The van der Waals surface area contributed by atoms with Crippen molar-refractivity contribution in [2.24, 2.45) is 12.8 Å². The number of pyridine rings is 1. The van der Waals surface area contributed by atoms with Gasteiger partial charge in [-0.3, -0.25) is 9.78 Å². The Morgan fingerprint density at radius 3 is 3.09 bits per heavy atom. The summed E-state index contributed by atoms with van der Waals surface area (Å²) in [6.07, 6.45) is 3.52. The van der Waals surface area contributed by atoms with Crippen LogP contribution in [0.2, 0.25) is 0 Å². The molecule has 23 heavy (non-hydrogen) atoms. The number of carbonyl (C=O) groups excluding carboxylic acids is 1. The molecule has 3 heterocycles.